The number of anilines is 1. The topological polar surface area (TPSA) is 44.6 Å². The van der Waals surface area contributed by atoms with Gasteiger partial charge in [-0.05, 0) is 70.1 Å². The van der Waals surface area contributed by atoms with Crippen LogP contribution in [-0.2, 0) is 11.3 Å². The van der Waals surface area contributed by atoms with Crippen molar-refractivity contribution in [1.82, 2.24) is 19.4 Å². The number of aromatic nitrogens is 2. The number of piperazine rings is 1. The highest BCUT2D eigenvalue weighted by atomic mass is 35.5. The molecule has 1 aromatic heterocycles. The Hall–Kier alpha value is -2.57. The molecule has 3 aromatic rings. The van der Waals surface area contributed by atoms with Gasteiger partial charge in [0.2, 0.25) is 5.91 Å². The lowest BCUT2D eigenvalue weighted by Gasteiger charge is -2.39. The van der Waals surface area contributed by atoms with Crippen LogP contribution >= 0.6 is 11.6 Å². The normalized spacial score (nSPS) is 18.2. The zero-order chi connectivity index (χ0) is 23.7. The molecule has 0 N–H and O–H groups in total. The molecule has 2 aromatic carbocycles. The van der Waals surface area contributed by atoms with Crippen LogP contribution in [0.2, 0.25) is 5.02 Å². The van der Waals surface area contributed by atoms with Gasteiger partial charge in [-0.1, -0.05) is 29.8 Å². The predicted molar refractivity (Wildman–Crippen MR) is 138 cm³/mol. The average molecular weight is 480 g/mol. The average Bonchev–Trinajstić information content (AvgIpc) is 3.22. The summed E-state index contributed by atoms with van der Waals surface area (Å²) in [6, 6.07) is 16.7. The van der Waals surface area contributed by atoms with Crippen LogP contribution in [0.25, 0.3) is 11.0 Å². The molecule has 0 saturated carbocycles. The number of hydrogen-bond acceptors (Lipinski definition) is 4. The third-order valence-corrected chi connectivity index (χ3v) is 7.49. The van der Waals surface area contributed by atoms with E-state index in [4.69, 9.17) is 16.6 Å². The van der Waals surface area contributed by atoms with Crippen molar-refractivity contribution in [3.8, 4) is 0 Å². The van der Waals surface area contributed by atoms with E-state index >= 15 is 0 Å². The van der Waals surface area contributed by atoms with Gasteiger partial charge in [0.05, 0.1) is 17.6 Å². The zero-order valence-corrected chi connectivity index (χ0v) is 20.9. The number of rotatable bonds is 5. The lowest BCUT2D eigenvalue weighted by atomic mass is 9.95. The highest BCUT2D eigenvalue weighted by molar-refractivity contribution is 6.30. The Morgan fingerprint density at radius 3 is 2.44 bits per heavy atom. The summed E-state index contributed by atoms with van der Waals surface area (Å²) in [5.41, 5.74) is 3.41. The number of para-hydroxylation sites is 2. The van der Waals surface area contributed by atoms with E-state index in [9.17, 15) is 4.79 Å². The molecule has 0 unspecified atom stereocenters. The molecule has 0 spiro atoms. The number of benzene rings is 2. The van der Waals surface area contributed by atoms with Crippen LogP contribution in [0.5, 0.6) is 0 Å². The fourth-order valence-electron chi connectivity index (χ4n) is 5.44. The van der Waals surface area contributed by atoms with Crippen molar-refractivity contribution < 1.29 is 4.79 Å². The van der Waals surface area contributed by atoms with E-state index < -0.39 is 0 Å². The molecule has 0 bridgehead atoms. The van der Waals surface area contributed by atoms with Gasteiger partial charge in [0, 0.05) is 48.8 Å². The molecule has 34 heavy (non-hydrogen) atoms. The molecule has 1 amide bonds. The summed E-state index contributed by atoms with van der Waals surface area (Å²) in [6.07, 6.45) is 1.85. The van der Waals surface area contributed by atoms with E-state index in [0.29, 0.717) is 11.9 Å². The van der Waals surface area contributed by atoms with Crippen molar-refractivity contribution in [3.05, 3.63) is 59.4 Å². The summed E-state index contributed by atoms with van der Waals surface area (Å²) in [6.45, 7) is 10.4. The Bertz CT molecular complexity index is 1140. The number of amides is 1. The van der Waals surface area contributed by atoms with E-state index in [1.807, 2.05) is 18.2 Å². The van der Waals surface area contributed by atoms with Gasteiger partial charge >= 0.3 is 0 Å². The third-order valence-electron chi connectivity index (χ3n) is 7.25. The number of nitrogens with zero attached hydrogens (tertiary/aromatic N) is 5. The minimum absolute atomic E-state index is 0.137. The lowest BCUT2D eigenvalue weighted by Crippen LogP contribution is -2.51. The fraction of sp³-hybridized carbons (Fsp3) is 0.481. The van der Waals surface area contributed by atoms with Crippen molar-refractivity contribution in [1.29, 1.82) is 0 Å². The summed E-state index contributed by atoms with van der Waals surface area (Å²) in [7, 11) is 0. The van der Waals surface area contributed by atoms with Gasteiger partial charge in [0.25, 0.3) is 0 Å². The predicted octanol–water partition coefficient (Wildman–Crippen LogP) is 4.83. The maximum atomic E-state index is 13.2. The van der Waals surface area contributed by atoms with Crippen LogP contribution in [0.1, 0.15) is 38.6 Å². The molecule has 2 fully saturated rings. The number of likely N-dealkylation sites (tertiary alicyclic amines) is 1. The Kier molecular flexibility index (Phi) is 6.79. The number of fused-ring (bicyclic) bond motifs is 1. The van der Waals surface area contributed by atoms with Crippen molar-refractivity contribution >= 4 is 34.2 Å². The number of carbonyl (C=O) groups excluding carboxylic acids is 1. The first-order chi connectivity index (χ1) is 16.5. The van der Waals surface area contributed by atoms with Gasteiger partial charge in [0.15, 0.2) is 0 Å². The zero-order valence-electron chi connectivity index (χ0n) is 20.2. The third kappa shape index (κ3) is 4.80. The van der Waals surface area contributed by atoms with Gasteiger partial charge in [-0.15, -0.1) is 0 Å². The molecule has 0 aliphatic carbocycles. The molecular formula is C27H34ClN5O. The number of piperidine rings is 1. The number of halogens is 1. The standard InChI is InChI=1S/C27H34ClN5O/c1-20(2)33-25-9-4-3-8-24(25)29-26(33)19-30-12-10-21(11-13-30)27(34)32-16-14-31(15-17-32)23-7-5-6-22(28)18-23/h3-9,18,20-21H,10-17,19H2,1-2H3. The smallest absolute Gasteiger partial charge is 0.225 e. The molecule has 2 saturated heterocycles. The fourth-order valence-corrected chi connectivity index (χ4v) is 5.62. The highest BCUT2D eigenvalue weighted by Gasteiger charge is 2.31. The van der Waals surface area contributed by atoms with Gasteiger partial charge in [0.1, 0.15) is 5.82 Å². The maximum Gasteiger partial charge on any atom is 0.225 e. The van der Waals surface area contributed by atoms with Crippen molar-refractivity contribution in [3.63, 3.8) is 0 Å². The van der Waals surface area contributed by atoms with Crippen LogP contribution in [-0.4, -0.2) is 64.5 Å². The molecule has 2 aliphatic heterocycles. The monoisotopic (exact) mass is 479 g/mol. The van der Waals surface area contributed by atoms with Gasteiger partial charge in [-0.2, -0.15) is 0 Å². The van der Waals surface area contributed by atoms with Crippen molar-refractivity contribution in [2.24, 2.45) is 5.92 Å². The van der Waals surface area contributed by atoms with E-state index in [0.717, 1.165) is 80.7 Å². The Balaban J connectivity index is 1.15. The lowest BCUT2D eigenvalue weighted by molar-refractivity contribution is -0.137. The second-order valence-electron chi connectivity index (χ2n) is 9.82. The number of carbonyl (C=O) groups is 1. The van der Waals surface area contributed by atoms with Crippen LogP contribution in [0.3, 0.4) is 0 Å². The van der Waals surface area contributed by atoms with Gasteiger partial charge < -0.3 is 14.4 Å². The second kappa shape index (κ2) is 9.96. The molecule has 0 radical (unpaired) electrons. The SMILES string of the molecule is CC(C)n1c(CN2CCC(C(=O)N3CCN(c4cccc(Cl)c4)CC3)CC2)nc2ccccc21. The quantitative estimate of drug-likeness (QED) is 0.525. The van der Waals surface area contributed by atoms with E-state index in [1.165, 1.54) is 5.52 Å². The van der Waals surface area contributed by atoms with Crippen molar-refractivity contribution in [2.45, 2.75) is 39.3 Å². The molecule has 2 aliphatic rings. The molecule has 6 nitrogen and oxygen atoms in total. The summed E-state index contributed by atoms with van der Waals surface area (Å²) >= 11 is 6.15. The molecule has 3 heterocycles. The van der Waals surface area contributed by atoms with Crippen LogP contribution in [0.15, 0.2) is 48.5 Å². The first-order valence-electron chi connectivity index (χ1n) is 12.5. The number of imidazole rings is 1. The Morgan fingerprint density at radius 2 is 1.74 bits per heavy atom. The van der Waals surface area contributed by atoms with Gasteiger partial charge in [-0.3, -0.25) is 9.69 Å². The molecule has 0 atom stereocenters. The minimum Gasteiger partial charge on any atom is -0.368 e. The van der Waals surface area contributed by atoms with Crippen LogP contribution in [0.4, 0.5) is 5.69 Å². The first-order valence-corrected chi connectivity index (χ1v) is 12.8. The molecular weight excluding hydrogens is 446 g/mol. The minimum atomic E-state index is 0.137. The molecule has 5 rings (SSSR count). The summed E-state index contributed by atoms with van der Waals surface area (Å²) in [4.78, 5) is 25.0. The van der Waals surface area contributed by atoms with E-state index in [2.05, 4.69) is 63.4 Å². The molecule has 180 valence electrons. The van der Waals surface area contributed by atoms with Crippen LogP contribution < -0.4 is 4.90 Å². The second-order valence-corrected chi connectivity index (χ2v) is 10.3. The van der Waals surface area contributed by atoms with E-state index in [1.54, 1.807) is 0 Å². The van der Waals surface area contributed by atoms with Crippen molar-refractivity contribution in [2.75, 3.05) is 44.2 Å². The van der Waals surface area contributed by atoms with E-state index in [-0.39, 0.29) is 5.92 Å². The van der Waals surface area contributed by atoms with Crippen LogP contribution in [0, 0.1) is 5.92 Å². The first kappa shape index (κ1) is 23.2. The largest absolute Gasteiger partial charge is 0.368 e. The van der Waals surface area contributed by atoms with Gasteiger partial charge in [-0.25, -0.2) is 4.98 Å². The molecule has 7 heteroatoms. The summed E-state index contributed by atoms with van der Waals surface area (Å²) in [5.74, 6) is 1.59. The highest BCUT2D eigenvalue weighted by Crippen LogP contribution is 2.26. The Labute approximate surface area is 207 Å². The Morgan fingerprint density at radius 1 is 1.00 bits per heavy atom. The summed E-state index contributed by atoms with van der Waals surface area (Å²) < 4.78 is 2.35. The summed E-state index contributed by atoms with van der Waals surface area (Å²) in [5, 5.41) is 0.756. The maximum absolute atomic E-state index is 13.2. The number of hydrogen-bond donors (Lipinski definition) is 0.